The number of hydrogen-bond donors (Lipinski definition) is 2. The number of esters is 1. The minimum absolute atomic E-state index is 0.107. The van der Waals surface area contributed by atoms with E-state index in [1.54, 1.807) is 30.3 Å². The Hall–Kier alpha value is -2.27. The minimum Gasteiger partial charge on any atom is -0.506 e. The van der Waals surface area contributed by atoms with E-state index in [1.165, 1.54) is 13.3 Å². The Morgan fingerprint density at radius 2 is 2.20 bits per heavy atom. The van der Waals surface area contributed by atoms with E-state index in [4.69, 9.17) is 21.4 Å². The smallest absolute Gasteiger partial charge is 0.340 e. The van der Waals surface area contributed by atoms with Crippen LogP contribution in [0.25, 0.3) is 0 Å². The quantitative estimate of drug-likeness (QED) is 0.848. The molecule has 104 valence electrons. The summed E-state index contributed by atoms with van der Waals surface area (Å²) in [6, 6.07) is 8.17. The molecule has 5 nitrogen and oxygen atoms in total. The summed E-state index contributed by atoms with van der Waals surface area (Å²) in [4.78, 5) is 15.7. The van der Waals surface area contributed by atoms with Crippen LogP contribution in [-0.4, -0.2) is 23.2 Å². The lowest BCUT2D eigenvalue weighted by Crippen LogP contribution is -2.08. The highest BCUT2D eigenvalue weighted by Gasteiger charge is 2.12. The van der Waals surface area contributed by atoms with E-state index in [-0.39, 0.29) is 5.75 Å². The second kappa shape index (κ2) is 6.25. The van der Waals surface area contributed by atoms with E-state index in [0.29, 0.717) is 22.8 Å². The molecule has 0 radical (unpaired) electrons. The second-order valence-corrected chi connectivity index (χ2v) is 4.48. The van der Waals surface area contributed by atoms with Crippen molar-refractivity contribution < 1.29 is 14.6 Å². The van der Waals surface area contributed by atoms with Crippen molar-refractivity contribution in [1.82, 2.24) is 4.98 Å². The molecule has 0 saturated carbocycles. The van der Waals surface area contributed by atoms with Crippen LogP contribution >= 0.6 is 11.6 Å². The zero-order valence-electron chi connectivity index (χ0n) is 10.8. The van der Waals surface area contributed by atoms with Gasteiger partial charge in [-0.05, 0) is 30.3 Å². The predicted octanol–water partition coefficient (Wildman–Crippen LogP) is 2.84. The molecule has 6 heteroatoms. The molecule has 0 aliphatic heterocycles. The molecule has 0 bridgehead atoms. The first-order valence-corrected chi connectivity index (χ1v) is 6.23. The summed E-state index contributed by atoms with van der Waals surface area (Å²) in [6.45, 7) is 0.409. The molecule has 0 aliphatic carbocycles. The van der Waals surface area contributed by atoms with Crippen molar-refractivity contribution >= 4 is 23.3 Å². The number of carbonyl (C=O) groups excluding carboxylic acids is 1. The average Bonchev–Trinajstić information content (AvgIpc) is 2.46. The standard InChI is InChI=1S/C14H13ClN2O3/c1-20-14(19)12-6-9(15)2-5-13(12)17-7-10-3-4-11(18)8-16-10/h2-6,8,17-18H,7H2,1H3. The van der Waals surface area contributed by atoms with E-state index in [9.17, 15) is 4.79 Å². The summed E-state index contributed by atoms with van der Waals surface area (Å²) in [6.07, 6.45) is 1.36. The van der Waals surface area contributed by atoms with Gasteiger partial charge in [-0.1, -0.05) is 11.6 Å². The van der Waals surface area contributed by atoms with Crippen LogP contribution in [0.1, 0.15) is 16.1 Å². The lowest BCUT2D eigenvalue weighted by atomic mass is 10.1. The van der Waals surface area contributed by atoms with E-state index in [2.05, 4.69) is 10.3 Å². The van der Waals surface area contributed by atoms with Crippen molar-refractivity contribution in [3.63, 3.8) is 0 Å². The maximum atomic E-state index is 11.7. The van der Waals surface area contributed by atoms with E-state index < -0.39 is 5.97 Å². The Labute approximate surface area is 121 Å². The molecule has 0 saturated heterocycles. The first-order chi connectivity index (χ1) is 9.60. The van der Waals surface area contributed by atoms with Crippen molar-refractivity contribution in [3.05, 3.63) is 52.8 Å². The first-order valence-electron chi connectivity index (χ1n) is 5.86. The average molecular weight is 293 g/mol. The van der Waals surface area contributed by atoms with Gasteiger partial charge in [0, 0.05) is 10.7 Å². The fourth-order valence-corrected chi connectivity index (χ4v) is 1.83. The molecule has 1 aromatic carbocycles. The molecule has 0 unspecified atom stereocenters. The van der Waals surface area contributed by atoms with Gasteiger partial charge in [0.15, 0.2) is 0 Å². The predicted molar refractivity (Wildman–Crippen MR) is 76.0 cm³/mol. The molecule has 0 fully saturated rings. The Kier molecular flexibility index (Phi) is 4.42. The third kappa shape index (κ3) is 3.39. The summed E-state index contributed by atoms with van der Waals surface area (Å²) >= 11 is 5.88. The van der Waals surface area contributed by atoms with Gasteiger partial charge in [-0.25, -0.2) is 4.79 Å². The van der Waals surface area contributed by atoms with Crippen molar-refractivity contribution in [2.75, 3.05) is 12.4 Å². The van der Waals surface area contributed by atoms with Crippen molar-refractivity contribution in [1.29, 1.82) is 0 Å². The third-order valence-electron chi connectivity index (χ3n) is 2.66. The van der Waals surface area contributed by atoms with E-state index in [1.807, 2.05) is 0 Å². The number of anilines is 1. The van der Waals surface area contributed by atoms with Crippen LogP contribution in [0.5, 0.6) is 5.75 Å². The SMILES string of the molecule is COC(=O)c1cc(Cl)ccc1NCc1ccc(O)cn1. The molecule has 0 spiro atoms. The number of rotatable bonds is 4. The van der Waals surface area contributed by atoms with Crippen LogP contribution in [0, 0.1) is 0 Å². The molecular formula is C14H13ClN2O3. The van der Waals surface area contributed by atoms with Crippen LogP contribution in [-0.2, 0) is 11.3 Å². The van der Waals surface area contributed by atoms with Gasteiger partial charge in [0.2, 0.25) is 0 Å². The van der Waals surface area contributed by atoms with Crippen LogP contribution in [0.15, 0.2) is 36.5 Å². The van der Waals surface area contributed by atoms with Gasteiger partial charge in [-0.3, -0.25) is 4.98 Å². The highest BCUT2D eigenvalue weighted by atomic mass is 35.5. The Morgan fingerprint density at radius 1 is 1.40 bits per heavy atom. The van der Waals surface area contributed by atoms with Gasteiger partial charge in [-0.2, -0.15) is 0 Å². The molecule has 20 heavy (non-hydrogen) atoms. The number of carbonyl (C=O) groups is 1. The lowest BCUT2D eigenvalue weighted by molar-refractivity contribution is 0.0602. The number of ether oxygens (including phenoxy) is 1. The number of benzene rings is 1. The largest absolute Gasteiger partial charge is 0.506 e. The highest BCUT2D eigenvalue weighted by molar-refractivity contribution is 6.31. The second-order valence-electron chi connectivity index (χ2n) is 4.04. The molecule has 1 aromatic heterocycles. The number of methoxy groups -OCH3 is 1. The van der Waals surface area contributed by atoms with Gasteiger partial charge >= 0.3 is 5.97 Å². The van der Waals surface area contributed by atoms with Gasteiger partial charge in [-0.15, -0.1) is 0 Å². The first kappa shape index (κ1) is 14.1. The Morgan fingerprint density at radius 3 is 2.85 bits per heavy atom. The van der Waals surface area contributed by atoms with Gasteiger partial charge in [0.05, 0.1) is 31.1 Å². The lowest BCUT2D eigenvalue weighted by Gasteiger charge is -2.11. The number of halogens is 1. The maximum absolute atomic E-state index is 11.7. The summed E-state index contributed by atoms with van der Waals surface area (Å²) in [5.74, 6) is -0.357. The summed E-state index contributed by atoms with van der Waals surface area (Å²) in [5, 5.41) is 12.7. The fourth-order valence-electron chi connectivity index (χ4n) is 1.66. The molecule has 2 aromatic rings. The summed E-state index contributed by atoms with van der Waals surface area (Å²) in [5.41, 5.74) is 1.70. The molecule has 2 N–H and O–H groups in total. The monoisotopic (exact) mass is 292 g/mol. The Balaban J connectivity index is 2.16. The van der Waals surface area contributed by atoms with Gasteiger partial charge in [0.25, 0.3) is 0 Å². The van der Waals surface area contributed by atoms with E-state index >= 15 is 0 Å². The topological polar surface area (TPSA) is 71.5 Å². The number of nitrogens with zero attached hydrogens (tertiary/aromatic N) is 1. The van der Waals surface area contributed by atoms with Crippen molar-refractivity contribution in [3.8, 4) is 5.75 Å². The maximum Gasteiger partial charge on any atom is 0.340 e. The molecular weight excluding hydrogens is 280 g/mol. The number of hydrogen-bond acceptors (Lipinski definition) is 5. The molecule has 2 rings (SSSR count). The molecule has 0 amide bonds. The number of aromatic nitrogens is 1. The van der Waals surface area contributed by atoms with Crippen molar-refractivity contribution in [2.45, 2.75) is 6.54 Å². The van der Waals surface area contributed by atoms with Gasteiger partial charge < -0.3 is 15.2 Å². The zero-order valence-corrected chi connectivity index (χ0v) is 11.5. The molecule has 0 atom stereocenters. The number of aromatic hydroxyl groups is 1. The normalized spacial score (nSPS) is 10.1. The van der Waals surface area contributed by atoms with Gasteiger partial charge in [0.1, 0.15) is 5.75 Å². The minimum atomic E-state index is -0.464. The molecule has 1 heterocycles. The highest BCUT2D eigenvalue weighted by Crippen LogP contribution is 2.22. The van der Waals surface area contributed by atoms with Crippen molar-refractivity contribution in [2.24, 2.45) is 0 Å². The van der Waals surface area contributed by atoms with Crippen LogP contribution in [0.3, 0.4) is 0 Å². The molecule has 0 aliphatic rings. The fraction of sp³-hybridized carbons (Fsp3) is 0.143. The Bertz CT molecular complexity index is 614. The number of nitrogens with one attached hydrogen (secondary N) is 1. The van der Waals surface area contributed by atoms with E-state index in [0.717, 1.165) is 5.69 Å². The van der Waals surface area contributed by atoms with Crippen LogP contribution in [0.2, 0.25) is 5.02 Å². The summed E-state index contributed by atoms with van der Waals surface area (Å²) < 4.78 is 4.71. The summed E-state index contributed by atoms with van der Waals surface area (Å²) in [7, 11) is 1.31. The van der Waals surface area contributed by atoms with Crippen LogP contribution in [0.4, 0.5) is 5.69 Å². The number of pyridine rings is 1. The van der Waals surface area contributed by atoms with Crippen LogP contribution < -0.4 is 5.32 Å². The third-order valence-corrected chi connectivity index (χ3v) is 2.89. The zero-order chi connectivity index (χ0) is 14.5.